The smallest absolute Gasteiger partial charge is 0.321 e. The second kappa shape index (κ2) is 9.47. The van der Waals surface area contributed by atoms with Crippen LogP contribution in [-0.2, 0) is 4.79 Å². The minimum Gasteiger partial charge on any atom is -0.338 e. The van der Waals surface area contributed by atoms with Gasteiger partial charge in [0.1, 0.15) is 5.82 Å². The summed E-state index contributed by atoms with van der Waals surface area (Å²) in [5.41, 5.74) is 0.691. The molecule has 0 aliphatic carbocycles. The number of aromatic nitrogens is 3. The van der Waals surface area contributed by atoms with E-state index in [1.54, 1.807) is 23.6 Å². The van der Waals surface area contributed by atoms with Gasteiger partial charge in [-0.2, -0.15) is 0 Å². The molecule has 0 aliphatic heterocycles. The van der Waals surface area contributed by atoms with Gasteiger partial charge in [0, 0.05) is 12.2 Å². The van der Waals surface area contributed by atoms with Gasteiger partial charge in [-0.05, 0) is 52.2 Å². The van der Waals surface area contributed by atoms with Crippen LogP contribution in [0.2, 0.25) is 0 Å². The van der Waals surface area contributed by atoms with E-state index in [4.69, 9.17) is 0 Å². The van der Waals surface area contributed by atoms with Gasteiger partial charge in [-0.25, -0.2) is 9.18 Å². The summed E-state index contributed by atoms with van der Waals surface area (Å²) >= 11 is 1.15. The highest BCUT2D eigenvalue weighted by Gasteiger charge is 2.21. The summed E-state index contributed by atoms with van der Waals surface area (Å²) < 4.78 is 15.1. The molecule has 2 rings (SSSR count). The molecule has 1 aromatic carbocycles. The van der Waals surface area contributed by atoms with Crippen molar-refractivity contribution in [3.63, 3.8) is 0 Å². The summed E-state index contributed by atoms with van der Waals surface area (Å²) in [7, 11) is 3.84. The molecule has 0 bridgehead atoms. The van der Waals surface area contributed by atoms with E-state index in [0.29, 0.717) is 23.2 Å². The Morgan fingerprint density at radius 1 is 1.26 bits per heavy atom. The Balaban J connectivity index is 2.24. The largest absolute Gasteiger partial charge is 0.338 e. The molecule has 0 aliphatic rings. The highest BCUT2D eigenvalue weighted by Crippen LogP contribution is 2.26. The van der Waals surface area contributed by atoms with E-state index < -0.39 is 11.9 Å². The van der Waals surface area contributed by atoms with Crippen molar-refractivity contribution in [1.82, 2.24) is 30.3 Å². The third-order valence-corrected chi connectivity index (χ3v) is 4.74. The Bertz CT molecular complexity index is 793. The fourth-order valence-corrected chi connectivity index (χ4v) is 2.97. The van der Waals surface area contributed by atoms with Crippen LogP contribution in [0.5, 0.6) is 0 Å². The summed E-state index contributed by atoms with van der Waals surface area (Å²) in [6.07, 6.45) is 0. The third kappa shape index (κ3) is 5.51. The first kappa shape index (κ1) is 20.8. The second-order valence-corrected chi connectivity index (χ2v) is 6.93. The number of benzene rings is 1. The molecule has 1 aromatic heterocycles. The highest BCUT2D eigenvalue weighted by molar-refractivity contribution is 7.99. The monoisotopic (exact) mass is 394 g/mol. The van der Waals surface area contributed by atoms with Gasteiger partial charge in [-0.3, -0.25) is 19.6 Å². The zero-order chi connectivity index (χ0) is 20.0. The van der Waals surface area contributed by atoms with Gasteiger partial charge in [0.2, 0.25) is 5.91 Å². The maximum absolute atomic E-state index is 13.3. The number of nitrogens with zero attached hydrogens (tertiary/aromatic N) is 4. The minimum absolute atomic E-state index is 0.00714. The number of imide groups is 1. The van der Waals surface area contributed by atoms with Crippen molar-refractivity contribution in [1.29, 1.82) is 0 Å². The number of hydrogen-bond donors (Lipinski definition) is 2. The number of carbonyl (C=O) groups excluding carboxylic acids is 2. The Morgan fingerprint density at radius 3 is 2.52 bits per heavy atom. The third-order valence-electron chi connectivity index (χ3n) is 3.81. The number of halogens is 1. The normalized spacial score (nSPS) is 12.1. The molecular weight excluding hydrogens is 371 g/mol. The molecular formula is C17H23FN6O2S. The quantitative estimate of drug-likeness (QED) is 0.698. The van der Waals surface area contributed by atoms with E-state index >= 15 is 0 Å². The molecule has 3 amide bonds. The van der Waals surface area contributed by atoms with Gasteiger partial charge in [0.15, 0.2) is 11.0 Å². The van der Waals surface area contributed by atoms with Crippen molar-refractivity contribution in [2.75, 3.05) is 26.4 Å². The van der Waals surface area contributed by atoms with Crippen LogP contribution in [0.3, 0.4) is 0 Å². The molecule has 27 heavy (non-hydrogen) atoms. The molecule has 8 nitrogen and oxygen atoms in total. The van der Waals surface area contributed by atoms with Crippen molar-refractivity contribution in [3.05, 3.63) is 35.9 Å². The lowest BCUT2D eigenvalue weighted by Crippen LogP contribution is -2.40. The lowest BCUT2D eigenvalue weighted by molar-refractivity contribution is -0.117. The van der Waals surface area contributed by atoms with E-state index in [1.807, 2.05) is 25.9 Å². The van der Waals surface area contributed by atoms with E-state index in [9.17, 15) is 14.0 Å². The lowest BCUT2D eigenvalue weighted by Gasteiger charge is -2.20. The molecule has 1 heterocycles. The second-order valence-electron chi connectivity index (χ2n) is 5.99. The topological polar surface area (TPSA) is 92.2 Å². The van der Waals surface area contributed by atoms with Gasteiger partial charge >= 0.3 is 6.03 Å². The molecule has 1 atom stereocenters. The highest BCUT2D eigenvalue weighted by atomic mass is 32.2. The SMILES string of the molecule is CCNC(=O)NC(=O)CSc1nnc([C@@H](C)N(C)C)n1-c1ccc(F)cc1. The molecule has 2 N–H and O–H groups in total. The maximum Gasteiger partial charge on any atom is 0.321 e. The molecule has 10 heteroatoms. The van der Waals surface area contributed by atoms with Crippen molar-refractivity contribution in [2.24, 2.45) is 0 Å². The van der Waals surface area contributed by atoms with Crippen LogP contribution in [0.15, 0.2) is 29.4 Å². The van der Waals surface area contributed by atoms with E-state index in [-0.39, 0.29) is 17.6 Å². The number of amides is 3. The number of nitrogens with one attached hydrogen (secondary N) is 2. The first-order chi connectivity index (χ1) is 12.8. The Hall–Kier alpha value is -2.46. The number of thioether (sulfide) groups is 1. The lowest BCUT2D eigenvalue weighted by atomic mass is 10.2. The van der Waals surface area contributed by atoms with Crippen LogP contribution in [0.1, 0.15) is 25.7 Å². The molecule has 0 radical (unpaired) electrons. The number of rotatable bonds is 7. The summed E-state index contributed by atoms with van der Waals surface area (Å²) in [6, 6.07) is 5.38. The summed E-state index contributed by atoms with van der Waals surface area (Å²) in [5, 5.41) is 13.6. The van der Waals surface area contributed by atoms with Crippen molar-refractivity contribution in [2.45, 2.75) is 25.0 Å². The van der Waals surface area contributed by atoms with Crippen LogP contribution >= 0.6 is 11.8 Å². The zero-order valence-electron chi connectivity index (χ0n) is 15.7. The van der Waals surface area contributed by atoms with Gasteiger partial charge < -0.3 is 5.32 Å². The van der Waals surface area contributed by atoms with Crippen LogP contribution in [0.4, 0.5) is 9.18 Å². The Morgan fingerprint density at radius 2 is 1.93 bits per heavy atom. The standard InChI is InChI=1S/C17H23FN6O2S/c1-5-19-16(26)20-14(25)10-27-17-22-21-15(11(2)23(3)4)24(17)13-8-6-12(18)7-9-13/h6-9,11H,5,10H2,1-4H3,(H2,19,20,25,26)/t11-/m1/s1. The zero-order valence-corrected chi connectivity index (χ0v) is 16.5. The Kier molecular flexibility index (Phi) is 7.31. The van der Waals surface area contributed by atoms with Crippen LogP contribution in [-0.4, -0.2) is 58.0 Å². The van der Waals surface area contributed by atoms with Crippen molar-refractivity contribution < 1.29 is 14.0 Å². The van der Waals surface area contributed by atoms with Crippen LogP contribution in [0, 0.1) is 5.82 Å². The van der Waals surface area contributed by atoms with Crippen LogP contribution < -0.4 is 10.6 Å². The maximum atomic E-state index is 13.3. The van der Waals surface area contributed by atoms with Gasteiger partial charge in [-0.15, -0.1) is 10.2 Å². The number of hydrogen-bond acceptors (Lipinski definition) is 6. The first-order valence-corrected chi connectivity index (χ1v) is 9.40. The predicted octanol–water partition coefficient (Wildman–Crippen LogP) is 1.97. The summed E-state index contributed by atoms with van der Waals surface area (Å²) in [6.45, 7) is 4.16. The average molecular weight is 394 g/mol. The average Bonchev–Trinajstić information content (AvgIpc) is 3.03. The van der Waals surface area contributed by atoms with E-state index in [1.165, 1.54) is 12.1 Å². The number of carbonyl (C=O) groups is 2. The number of urea groups is 1. The fraction of sp³-hybridized carbons (Fsp3) is 0.412. The van der Waals surface area contributed by atoms with Gasteiger partial charge in [0.25, 0.3) is 0 Å². The van der Waals surface area contributed by atoms with Crippen LogP contribution in [0.25, 0.3) is 5.69 Å². The van der Waals surface area contributed by atoms with Gasteiger partial charge in [-0.1, -0.05) is 11.8 Å². The molecule has 0 saturated heterocycles. The molecule has 146 valence electrons. The molecule has 2 aromatic rings. The van der Waals surface area contributed by atoms with E-state index in [0.717, 1.165) is 11.8 Å². The molecule has 0 unspecified atom stereocenters. The fourth-order valence-electron chi connectivity index (χ4n) is 2.21. The van der Waals surface area contributed by atoms with Crippen molar-refractivity contribution in [3.8, 4) is 5.69 Å². The van der Waals surface area contributed by atoms with Gasteiger partial charge in [0.05, 0.1) is 11.8 Å². The van der Waals surface area contributed by atoms with Crippen molar-refractivity contribution >= 4 is 23.7 Å². The van der Waals surface area contributed by atoms with E-state index in [2.05, 4.69) is 20.8 Å². The summed E-state index contributed by atoms with van der Waals surface area (Å²) in [4.78, 5) is 25.3. The molecule has 0 saturated carbocycles. The minimum atomic E-state index is -0.537. The predicted molar refractivity (Wildman–Crippen MR) is 101 cm³/mol. The summed E-state index contributed by atoms with van der Waals surface area (Å²) in [5.74, 6) is -0.128. The Labute approximate surface area is 161 Å². The molecule has 0 fully saturated rings. The first-order valence-electron chi connectivity index (χ1n) is 8.41. The molecule has 0 spiro atoms.